The number of alkyl halides is 1. The summed E-state index contributed by atoms with van der Waals surface area (Å²) in [7, 11) is 0. The van der Waals surface area contributed by atoms with Crippen molar-refractivity contribution in [1.29, 1.82) is 0 Å². The molecular formula is C10H14BrN3. The van der Waals surface area contributed by atoms with Crippen LogP contribution < -0.4 is 5.32 Å². The van der Waals surface area contributed by atoms with E-state index in [2.05, 4.69) is 31.2 Å². The van der Waals surface area contributed by atoms with Crippen molar-refractivity contribution < 1.29 is 0 Å². The number of rotatable bonds is 2. The SMILES string of the molecule is BrCc1cnc(C2CCNCC2)nc1. The van der Waals surface area contributed by atoms with Crippen LogP contribution in [0.15, 0.2) is 12.4 Å². The summed E-state index contributed by atoms with van der Waals surface area (Å²) in [4.78, 5) is 8.81. The minimum Gasteiger partial charge on any atom is -0.317 e. The molecule has 0 radical (unpaired) electrons. The summed E-state index contributed by atoms with van der Waals surface area (Å²) in [5.41, 5.74) is 1.14. The van der Waals surface area contributed by atoms with Crippen LogP contribution in [0, 0.1) is 0 Å². The van der Waals surface area contributed by atoms with Crippen molar-refractivity contribution in [2.45, 2.75) is 24.1 Å². The lowest BCUT2D eigenvalue weighted by Crippen LogP contribution is -2.27. The molecule has 0 bridgehead atoms. The molecule has 14 heavy (non-hydrogen) atoms. The van der Waals surface area contributed by atoms with E-state index in [1.54, 1.807) is 0 Å². The third-order valence-electron chi connectivity index (χ3n) is 2.58. The topological polar surface area (TPSA) is 37.8 Å². The Morgan fingerprint density at radius 3 is 2.50 bits per heavy atom. The first kappa shape index (κ1) is 10.1. The van der Waals surface area contributed by atoms with Crippen LogP contribution in [0.1, 0.15) is 30.1 Å². The molecule has 0 aliphatic carbocycles. The molecule has 0 saturated carbocycles. The van der Waals surface area contributed by atoms with Crippen molar-refractivity contribution >= 4 is 15.9 Å². The average Bonchev–Trinajstić information content (AvgIpc) is 2.30. The van der Waals surface area contributed by atoms with Crippen LogP contribution in [0.5, 0.6) is 0 Å². The Kier molecular flexibility index (Phi) is 3.48. The van der Waals surface area contributed by atoms with E-state index in [-0.39, 0.29) is 0 Å². The third-order valence-corrected chi connectivity index (χ3v) is 3.23. The first-order chi connectivity index (χ1) is 6.90. The molecule has 0 spiro atoms. The zero-order valence-corrected chi connectivity index (χ0v) is 9.63. The van der Waals surface area contributed by atoms with Crippen LogP contribution in [-0.4, -0.2) is 23.1 Å². The number of piperidine rings is 1. The molecule has 3 nitrogen and oxygen atoms in total. The quantitative estimate of drug-likeness (QED) is 0.820. The Hall–Kier alpha value is -0.480. The Morgan fingerprint density at radius 2 is 1.93 bits per heavy atom. The number of halogens is 1. The predicted molar refractivity (Wildman–Crippen MR) is 59.5 cm³/mol. The zero-order chi connectivity index (χ0) is 9.80. The number of hydrogen-bond acceptors (Lipinski definition) is 3. The molecule has 0 aromatic carbocycles. The van der Waals surface area contributed by atoms with E-state index in [0.717, 1.165) is 42.6 Å². The molecule has 1 aliphatic rings. The van der Waals surface area contributed by atoms with Gasteiger partial charge in [0.15, 0.2) is 0 Å². The van der Waals surface area contributed by atoms with Crippen molar-refractivity contribution in [3.8, 4) is 0 Å². The zero-order valence-electron chi connectivity index (χ0n) is 8.04. The maximum absolute atomic E-state index is 4.40. The van der Waals surface area contributed by atoms with Gasteiger partial charge in [-0.1, -0.05) is 15.9 Å². The monoisotopic (exact) mass is 255 g/mol. The lowest BCUT2D eigenvalue weighted by Gasteiger charge is -2.21. The highest BCUT2D eigenvalue weighted by atomic mass is 79.9. The molecule has 0 atom stereocenters. The summed E-state index contributed by atoms with van der Waals surface area (Å²) in [6.45, 7) is 2.18. The fourth-order valence-electron chi connectivity index (χ4n) is 1.72. The molecule has 2 rings (SSSR count). The molecule has 4 heteroatoms. The van der Waals surface area contributed by atoms with Crippen molar-refractivity contribution in [3.05, 3.63) is 23.8 Å². The van der Waals surface area contributed by atoms with Gasteiger partial charge in [-0.25, -0.2) is 9.97 Å². The van der Waals surface area contributed by atoms with Crippen LogP contribution >= 0.6 is 15.9 Å². The summed E-state index contributed by atoms with van der Waals surface area (Å²) in [6, 6.07) is 0. The van der Waals surface area contributed by atoms with E-state index in [9.17, 15) is 0 Å². The lowest BCUT2D eigenvalue weighted by atomic mass is 9.97. The van der Waals surface area contributed by atoms with Crippen molar-refractivity contribution in [3.63, 3.8) is 0 Å². The van der Waals surface area contributed by atoms with E-state index >= 15 is 0 Å². The second-order valence-electron chi connectivity index (χ2n) is 3.61. The number of aromatic nitrogens is 2. The Balaban J connectivity index is 2.07. The smallest absolute Gasteiger partial charge is 0.131 e. The highest BCUT2D eigenvalue weighted by Crippen LogP contribution is 2.21. The van der Waals surface area contributed by atoms with Gasteiger partial charge in [-0.3, -0.25) is 0 Å². The van der Waals surface area contributed by atoms with Gasteiger partial charge in [0.05, 0.1) is 0 Å². The van der Waals surface area contributed by atoms with E-state index in [4.69, 9.17) is 0 Å². The van der Waals surface area contributed by atoms with E-state index in [1.165, 1.54) is 0 Å². The van der Waals surface area contributed by atoms with Crippen LogP contribution in [0.4, 0.5) is 0 Å². The molecule has 0 amide bonds. The Bertz CT molecular complexity index is 280. The second kappa shape index (κ2) is 4.84. The first-order valence-corrected chi connectivity index (χ1v) is 6.10. The van der Waals surface area contributed by atoms with Gasteiger partial charge in [0.25, 0.3) is 0 Å². The van der Waals surface area contributed by atoms with E-state index < -0.39 is 0 Å². The maximum atomic E-state index is 4.40. The van der Waals surface area contributed by atoms with Crippen LogP contribution in [0.2, 0.25) is 0 Å². The molecule has 1 aromatic rings. The molecule has 1 N–H and O–H groups in total. The van der Waals surface area contributed by atoms with Gasteiger partial charge >= 0.3 is 0 Å². The second-order valence-corrected chi connectivity index (χ2v) is 4.17. The maximum Gasteiger partial charge on any atom is 0.131 e. The van der Waals surface area contributed by atoms with Gasteiger partial charge in [0.1, 0.15) is 5.82 Å². The molecule has 1 aliphatic heterocycles. The highest BCUT2D eigenvalue weighted by molar-refractivity contribution is 9.08. The number of nitrogens with one attached hydrogen (secondary N) is 1. The molecule has 76 valence electrons. The minimum absolute atomic E-state index is 0.556. The summed E-state index contributed by atoms with van der Waals surface area (Å²) >= 11 is 3.39. The number of hydrogen-bond donors (Lipinski definition) is 1. The van der Waals surface area contributed by atoms with Crippen molar-refractivity contribution in [2.24, 2.45) is 0 Å². The fourth-order valence-corrected chi connectivity index (χ4v) is 2.01. The standard InChI is InChI=1S/C10H14BrN3/c11-5-8-6-13-10(14-7-8)9-1-3-12-4-2-9/h6-7,9,12H,1-5H2. The van der Waals surface area contributed by atoms with Gasteiger partial charge in [0, 0.05) is 23.6 Å². The van der Waals surface area contributed by atoms with Gasteiger partial charge < -0.3 is 5.32 Å². The Labute approximate surface area is 92.5 Å². The Morgan fingerprint density at radius 1 is 1.29 bits per heavy atom. The largest absolute Gasteiger partial charge is 0.317 e. The first-order valence-electron chi connectivity index (χ1n) is 4.97. The molecule has 1 fully saturated rings. The van der Waals surface area contributed by atoms with Crippen LogP contribution in [0.25, 0.3) is 0 Å². The fraction of sp³-hybridized carbons (Fsp3) is 0.600. The summed E-state index contributed by atoms with van der Waals surface area (Å²) < 4.78 is 0. The van der Waals surface area contributed by atoms with E-state index in [1.807, 2.05) is 12.4 Å². The summed E-state index contributed by atoms with van der Waals surface area (Å²) in [5.74, 6) is 1.57. The highest BCUT2D eigenvalue weighted by Gasteiger charge is 2.17. The molecule has 2 heterocycles. The van der Waals surface area contributed by atoms with Crippen LogP contribution in [-0.2, 0) is 5.33 Å². The average molecular weight is 256 g/mol. The van der Waals surface area contributed by atoms with E-state index in [0.29, 0.717) is 5.92 Å². The van der Waals surface area contributed by atoms with Gasteiger partial charge in [0.2, 0.25) is 0 Å². The van der Waals surface area contributed by atoms with Crippen LogP contribution in [0.3, 0.4) is 0 Å². The molecule has 1 aromatic heterocycles. The molecule has 1 saturated heterocycles. The summed E-state index contributed by atoms with van der Waals surface area (Å²) in [5, 5.41) is 4.18. The van der Waals surface area contributed by atoms with Crippen molar-refractivity contribution in [1.82, 2.24) is 15.3 Å². The van der Waals surface area contributed by atoms with Crippen molar-refractivity contribution in [2.75, 3.05) is 13.1 Å². The van der Waals surface area contributed by atoms with Gasteiger partial charge in [-0.2, -0.15) is 0 Å². The number of nitrogens with zero attached hydrogens (tertiary/aromatic N) is 2. The molecule has 0 unspecified atom stereocenters. The lowest BCUT2D eigenvalue weighted by molar-refractivity contribution is 0.444. The predicted octanol–water partition coefficient (Wildman–Crippen LogP) is 1.84. The minimum atomic E-state index is 0.556. The normalized spacial score (nSPS) is 18.4. The summed E-state index contributed by atoms with van der Waals surface area (Å²) in [6.07, 6.45) is 6.15. The van der Waals surface area contributed by atoms with Gasteiger partial charge in [-0.15, -0.1) is 0 Å². The van der Waals surface area contributed by atoms with Gasteiger partial charge in [-0.05, 0) is 31.5 Å². The third kappa shape index (κ3) is 2.30. The molecular weight excluding hydrogens is 242 g/mol.